The van der Waals surface area contributed by atoms with Crippen LogP contribution in [0.3, 0.4) is 0 Å². The first-order valence-corrected chi connectivity index (χ1v) is 12.2. The standard InChI is InChI=1S/C25H34ClN5O3/c1-24(2)16-10-20(24)25(3,34)21(11-16)29-18-12-28-31(23(33)22(18)26)14-17(32)7-6-15-8-9-27-13-19(15)30(4)5/h8-9,12-13,16,20-21,29,34H,6-7,10-11,14H2,1-5H3/t16-,20-,21+,25-/m0/s1. The van der Waals surface area contributed by atoms with Crippen LogP contribution in [-0.4, -0.2) is 51.4 Å². The smallest absolute Gasteiger partial charge is 0.288 e. The monoisotopic (exact) mass is 487 g/mol. The highest BCUT2D eigenvalue weighted by atomic mass is 35.5. The zero-order valence-electron chi connectivity index (χ0n) is 20.5. The summed E-state index contributed by atoms with van der Waals surface area (Å²) < 4.78 is 1.11. The fourth-order valence-electron chi connectivity index (χ4n) is 5.79. The molecule has 34 heavy (non-hydrogen) atoms. The summed E-state index contributed by atoms with van der Waals surface area (Å²) in [5, 5.41) is 18.7. The van der Waals surface area contributed by atoms with Gasteiger partial charge in [0.25, 0.3) is 5.56 Å². The lowest BCUT2D eigenvalue weighted by Crippen LogP contribution is -2.68. The van der Waals surface area contributed by atoms with Crippen molar-refractivity contribution >= 4 is 28.8 Å². The predicted octanol–water partition coefficient (Wildman–Crippen LogP) is 3.16. The van der Waals surface area contributed by atoms with Gasteiger partial charge in [-0.1, -0.05) is 25.4 Å². The van der Waals surface area contributed by atoms with E-state index in [4.69, 9.17) is 11.6 Å². The van der Waals surface area contributed by atoms with Gasteiger partial charge in [-0.15, -0.1) is 0 Å². The third-order valence-electron chi connectivity index (χ3n) is 8.09. The Hall–Kier alpha value is -2.45. The minimum Gasteiger partial charge on any atom is -0.388 e. The molecule has 0 saturated heterocycles. The van der Waals surface area contributed by atoms with E-state index in [0.717, 1.165) is 28.8 Å². The van der Waals surface area contributed by atoms with Gasteiger partial charge in [0.15, 0.2) is 5.78 Å². The number of nitrogens with zero attached hydrogens (tertiary/aromatic N) is 4. The Morgan fingerprint density at radius 1 is 1.29 bits per heavy atom. The quantitative estimate of drug-likeness (QED) is 0.589. The second-order valence-electron chi connectivity index (χ2n) is 10.7. The number of carbonyl (C=O) groups excluding carboxylic acids is 1. The Kier molecular flexibility index (Phi) is 6.50. The van der Waals surface area contributed by atoms with E-state index >= 15 is 0 Å². The van der Waals surface area contributed by atoms with Crippen LogP contribution >= 0.6 is 11.6 Å². The Morgan fingerprint density at radius 2 is 2.03 bits per heavy atom. The van der Waals surface area contributed by atoms with E-state index in [-0.39, 0.29) is 41.1 Å². The van der Waals surface area contributed by atoms with Crippen molar-refractivity contribution in [2.24, 2.45) is 17.3 Å². The Bertz CT molecular complexity index is 1140. The number of Topliss-reactive ketones (excluding diaryl/α,β-unsaturated/α-hetero) is 1. The van der Waals surface area contributed by atoms with Crippen LogP contribution in [0.15, 0.2) is 29.5 Å². The van der Waals surface area contributed by atoms with Crippen molar-refractivity contribution in [3.05, 3.63) is 45.6 Å². The molecule has 2 aromatic rings. The summed E-state index contributed by atoms with van der Waals surface area (Å²) in [6, 6.07) is 1.68. The summed E-state index contributed by atoms with van der Waals surface area (Å²) in [4.78, 5) is 31.5. The molecule has 184 valence electrons. The number of ketones is 1. The number of nitrogens with one attached hydrogen (secondary N) is 1. The van der Waals surface area contributed by atoms with Crippen molar-refractivity contribution in [1.29, 1.82) is 0 Å². The highest BCUT2D eigenvalue weighted by Gasteiger charge is 2.62. The van der Waals surface area contributed by atoms with E-state index in [9.17, 15) is 14.7 Å². The minimum atomic E-state index is -0.912. The molecular formula is C25H34ClN5O3. The lowest BCUT2D eigenvalue weighted by atomic mass is 9.43. The van der Waals surface area contributed by atoms with Crippen LogP contribution in [0, 0.1) is 17.3 Å². The van der Waals surface area contributed by atoms with Crippen molar-refractivity contribution in [3.63, 3.8) is 0 Å². The Balaban J connectivity index is 1.41. The Morgan fingerprint density at radius 3 is 2.68 bits per heavy atom. The lowest BCUT2D eigenvalue weighted by molar-refractivity contribution is -0.199. The van der Waals surface area contributed by atoms with Crippen LogP contribution in [0.5, 0.6) is 0 Å². The molecule has 0 aromatic carbocycles. The fraction of sp³-hybridized carbons (Fsp3) is 0.600. The molecule has 2 aromatic heterocycles. The third kappa shape index (κ3) is 4.33. The number of pyridine rings is 1. The zero-order chi connectivity index (χ0) is 24.8. The number of hydrogen-bond donors (Lipinski definition) is 2. The minimum absolute atomic E-state index is 0.0128. The van der Waals surface area contributed by atoms with Gasteiger partial charge < -0.3 is 15.3 Å². The van der Waals surface area contributed by atoms with Crippen LogP contribution in [0.4, 0.5) is 11.4 Å². The number of aromatic nitrogens is 3. The molecule has 5 rings (SSSR count). The summed E-state index contributed by atoms with van der Waals surface area (Å²) in [6.45, 7) is 6.14. The van der Waals surface area contributed by atoms with Crippen LogP contribution in [0.1, 0.15) is 45.6 Å². The summed E-state index contributed by atoms with van der Waals surface area (Å²) in [6.07, 6.45) is 7.60. The predicted molar refractivity (Wildman–Crippen MR) is 133 cm³/mol. The van der Waals surface area contributed by atoms with Gasteiger partial charge in [-0.25, -0.2) is 4.68 Å². The van der Waals surface area contributed by atoms with Crippen LogP contribution in [0.2, 0.25) is 5.02 Å². The number of aliphatic hydroxyl groups is 1. The van der Waals surface area contributed by atoms with Gasteiger partial charge in [0.2, 0.25) is 0 Å². The van der Waals surface area contributed by atoms with Crippen molar-refractivity contribution < 1.29 is 9.90 Å². The fourth-order valence-corrected chi connectivity index (χ4v) is 5.99. The summed E-state index contributed by atoms with van der Waals surface area (Å²) in [7, 11) is 3.86. The molecule has 0 spiro atoms. The van der Waals surface area contributed by atoms with Gasteiger partial charge in [0.1, 0.15) is 11.6 Å². The number of aryl methyl sites for hydroxylation is 1. The van der Waals surface area contributed by atoms with Gasteiger partial charge >= 0.3 is 0 Å². The van der Waals surface area contributed by atoms with E-state index in [2.05, 4.69) is 29.2 Å². The van der Waals surface area contributed by atoms with E-state index in [1.807, 2.05) is 32.0 Å². The molecule has 2 heterocycles. The van der Waals surface area contributed by atoms with E-state index < -0.39 is 11.2 Å². The molecule has 3 fully saturated rings. The molecule has 9 heteroatoms. The molecule has 2 bridgehead atoms. The summed E-state index contributed by atoms with van der Waals surface area (Å²) in [5.41, 5.74) is 1.06. The molecule has 0 unspecified atom stereocenters. The molecule has 0 radical (unpaired) electrons. The van der Waals surface area contributed by atoms with E-state index in [0.29, 0.717) is 18.0 Å². The lowest BCUT2D eigenvalue weighted by Gasteiger charge is -2.65. The average Bonchev–Trinajstić information content (AvgIpc) is 2.77. The first-order valence-electron chi connectivity index (χ1n) is 11.8. The molecule has 4 atom stereocenters. The van der Waals surface area contributed by atoms with Crippen molar-refractivity contribution in [2.45, 2.75) is 64.6 Å². The molecule has 3 aliphatic carbocycles. The molecule has 3 saturated carbocycles. The first-order chi connectivity index (χ1) is 15.9. The number of halogens is 1. The molecule has 0 amide bonds. The third-order valence-corrected chi connectivity index (χ3v) is 8.45. The van der Waals surface area contributed by atoms with Crippen molar-refractivity contribution in [2.75, 3.05) is 24.3 Å². The second-order valence-corrected chi connectivity index (χ2v) is 11.1. The average molecular weight is 488 g/mol. The first kappa shape index (κ1) is 24.7. The molecule has 0 aliphatic heterocycles. The SMILES string of the molecule is CN(C)c1cnccc1CCC(=O)Cn1ncc(N[C@@H]2C[C@@H]3C[C@@H](C3(C)C)[C@]2(C)O)c(Cl)c1=O. The van der Waals surface area contributed by atoms with Crippen LogP contribution in [-0.2, 0) is 17.8 Å². The summed E-state index contributed by atoms with van der Waals surface area (Å²) in [5.74, 6) is 0.605. The number of fused-ring (bicyclic) bond motifs is 2. The van der Waals surface area contributed by atoms with Crippen molar-refractivity contribution in [3.8, 4) is 0 Å². The maximum atomic E-state index is 12.8. The normalized spacial score (nSPS) is 27.1. The van der Waals surface area contributed by atoms with Crippen molar-refractivity contribution in [1.82, 2.24) is 14.8 Å². The zero-order valence-corrected chi connectivity index (χ0v) is 21.3. The molecular weight excluding hydrogens is 454 g/mol. The van der Waals surface area contributed by atoms with E-state index in [1.54, 1.807) is 12.4 Å². The van der Waals surface area contributed by atoms with Crippen LogP contribution < -0.4 is 15.8 Å². The topological polar surface area (TPSA) is 100 Å². The van der Waals surface area contributed by atoms with Gasteiger partial charge in [0.05, 0.1) is 35.4 Å². The summed E-state index contributed by atoms with van der Waals surface area (Å²) >= 11 is 6.39. The van der Waals surface area contributed by atoms with Gasteiger partial charge in [-0.2, -0.15) is 5.10 Å². The molecule has 2 N–H and O–H groups in total. The largest absolute Gasteiger partial charge is 0.388 e. The number of hydrogen-bond acceptors (Lipinski definition) is 7. The number of carbonyl (C=O) groups is 1. The number of rotatable bonds is 8. The van der Waals surface area contributed by atoms with Crippen LogP contribution in [0.25, 0.3) is 0 Å². The highest BCUT2D eigenvalue weighted by Crippen LogP contribution is 2.63. The van der Waals surface area contributed by atoms with E-state index in [1.165, 1.54) is 6.20 Å². The van der Waals surface area contributed by atoms with Gasteiger partial charge in [-0.05, 0) is 55.1 Å². The number of anilines is 2. The van der Waals surface area contributed by atoms with Gasteiger partial charge in [0, 0.05) is 26.7 Å². The maximum Gasteiger partial charge on any atom is 0.288 e. The second kappa shape index (κ2) is 8.96. The maximum absolute atomic E-state index is 12.8. The molecule has 3 aliphatic rings. The highest BCUT2D eigenvalue weighted by molar-refractivity contribution is 6.32. The Labute approximate surface area is 205 Å². The molecule has 8 nitrogen and oxygen atoms in total. The van der Waals surface area contributed by atoms with Gasteiger partial charge in [-0.3, -0.25) is 14.6 Å².